The standard InChI is InChI=1S/C12H11ClN4O3S/c1-6-3-4-8(20-6)12(2)10(18)17(11(19)14-12)5-7-9(13)21-16-15-7/h3-4H,5H2,1-2H3,(H,14,19)/t12-/m0/s1. The zero-order valence-corrected chi connectivity index (χ0v) is 12.8. The number of rotatable bonds is 3. The van der Waals surface area contributed by atoms with Gasteiger partial charge in [-0.1, -0.05) is 16.1 Å². The highest BCUT2D eigenvalue weighted by Gasteiger charge is 2.51. The van der Waals surface area contributed by atoms with Gasteiger partial charge in [0.05, 0.1) is 6.54 Å². The molecule has 110 valence electrons. The number of carbonyl (C=O) groups excluding carboxylic acids is 2. The Hall–Kier alpha value is -1.93. The predicted molar refractivity (Wildman–Crippen MR) is 74.8 cm³/mol. The van der Waals surface area contributed by atoms with Crippen LogP contribution in [0, 0.1) is 6.92 Å². The normalized spacial score (nSPS) is 22.0. The first kappa shape index (κ1) is 14.0. The molecule has 0 saturated carbocycles. The van der Waals surface area contributed by atoms with Crippen molar-refractivity contribution in [3.63, 3.8) is 0 Å². The molecule has 1 atom stereocenters. The maximum Gasteiger partial charge on any atom is 0.325 e. The van der Waals surface area contributed by atoms with E-state index in [-0.39, 0.29) is 6.54 Å². The Balaban J connectivity index is 1.90. The van der Waals surface area contributed by atoms with Gasteiger partial charge in [0.2, 0.25) is 0 Å². The maximum absolute atomic E-state index is 12.6. The van der Waals surface area contributed by atoms with Crippen LogP contribution in [0.25, 0.3) is 0 Å². The summed E-state index contributed by atoms with van der Waals surface area (Å²) in [6, 6.07) is 2.90. The summed E-state index contributed by atoms with van der Waals surface area (Å²) in [5.41, 5.74) is -0.827. The molecule has 0 spiro atoms. The zero-order valence-electron chi connectivity index (χ0n) is 11.2. The van der Waals surface area contributed by atoms with Crippen molar-refractivity contribution in [2.75, 3.05) is 0 Å². The molecule has 0 aliphatic carbocycles. The highest BCUT2D eigenvalue weighted by Crippen LogP contribution is 2.31. The lowest BCUT2D eigenvalue weighted by Gasteiger charge is -2.18. The van der Waals surface area contributed by atoms with Crippen LogP contribution in [0.15, 0.2) is 16.5 Å². The SMILES string of the molecule is Cc1ccc([C@]2(C)NC(=O)N(Cc3nnsc3Cl)C2=O)o1. The van der Waals surface area contributed by atoms with Gasteiger partial charge in [0.25, 0.3) is 5.91 Å². The Morgan fingerprint density at radius 2 is 2.24 bits per heavy atom. The smallest absolute Gasteiger partial charge is 0.325 e. The van der Waals surface area contributed by atoms with Crippen molar-refractivity contribution < 1.29 is 14.0 Å². The predicted octanol–water partition coefficient (Wildman–Crippen LogP) is 2.06. The van der Waals surface area contributed by atoms with Gasteiger partial charge in [-0.05, 0) is 26.0 Å². The number of imide groups is 1. The summed E-state index contributed by atoms with van der Waals surface area (Å²) in [6.07, 6.45) is 0. The monoisotopic (exact) mass is 326 g/mol. The van der Waals surface area contributed by atoms with Gasteiger partial charge >= 0.3 is 6.03 Å². The Morgan fingerprint density at radius 3 is 2.81 bits per heavy atom. The van der Waals surface area contributed by atoms with Gasteiger partial charge < -0.3 is 9.73 Å². The summed E-state index contributed by atoms with van der Waals surface area (Å²) in [5.74, 6) is 0.646. The van der Waals surface area contributed by atoms with E-state index in [4.69, 9.17) is 16.0 Å². The summed E-state index contributed by atoms with van der Waals surface area (Å²) < 4.78 is 9.52. The number of urea groups is 1. The van der Waals surface area contributed by atoms with Crippen LogP contribution in [-0.4, -0.2) is 26.4 Å². The quantitative estimate of drug-likeness (QED) is 0.872. The van der Waals surface area contributed by atoms with Crippen molar-refractivity contribution in [1.82, 2.24) is 19.8 Å². The summed E-state index contributed by atoms with van der Waals surface area (Å²) in [4.78, 5) is 25.7. The molecule has 9 heteroatoms. The molecule has 0 unspecified atom stereocenters. The molecular weight excluding hydrogens is 316 g/mol. The fraction of sp³-hybridized carbons (Fsp3) is 0.333. The molecule has 2 aromatic rings. The Kier molecular flexibility index (Phi) is 3.22. The van der Waals surface area contributed by atoms with Crippen LogP contribution in [0.1, 0.15) is 24.1 Å². The van der Waals surface area contributed by atoms with Crippen LogP contribution in [-0.2, 0) is 16.9 Å². The Morgan fingerprint density at radius 1 is 1.48 bits per heavy atom. The number of aromatic nitrogens is 2. The number of hydrogen-bond acceptors (Lipinski definition) is 6. The van der Waals surface area contributed by atoms with E-state index >= 15 is 0 Å². The van der Waals surface area contributed by atoms with Gasteiger partial charge in [-0.3, -0.25) is 9.69 Å². The van der Waals surface area contributed by atoms with E-state index in [1.54, 1.807) is 26.0 Å². The summed E-state index contributed by atoms with van der Waals surface area (Å²) in [6.45, 7) is 3.36. The van der Waals surface area contributed by atoms with Crippen LogP contribution < -0.4 is 5.32 Å². The zero-order chi connectivity index (χ0) is 15.2. The number of nitrogens with zero attached hydrogens (tertiary/aromatic N) is 3. The van der Waals surface area contributed by atoms with Gasteiger partial charge in [-0.15, -0.1) is 5.10 Å². The van der Waals surface area contributed by atoms with E-state index in [1.807, 2.05) is 0 Å². The summed E-state index contributed by atoms with van der Waals surface area (Å²) in [7, 11) is 0. The number of halogens is 1. The Bertz CT molecular complexity index is 728. The highest BCUT2D eigenvalue weighted by molar-refractivity contribution is 7.10. The number of furan rings is 1. The van der Waals surface area contributed by atoms with Gasteiger partial charge in [-0.2, -0.15) is 0 Å². The van der Waals surface area contributed by atoms with E-state index in [9.17, 15) is 9.59 Å². The molecule has 1 N–H and O–H groups in total. The maximum atomic E-state index is 12.6. The minimum Gasteiger partial charge on any atom is -0.463 e. The van der Waals surface area contributed by atoms with Crippen molar-refractivity contribution in [1.29, 1.82) is 0 Å². The van der Waals surface area contributed by atoms with Gasteiger partial charge in [0, 0.05) is 11.5 Å². The second-order valence-electron chi connectivity index (χ2n) is 4.85. The third-order valence-corrected chi connectivity index (χ3v) is 4.31. The average Bonchev–Trinajstić information content (AvgIpc) is 3.08. The first-order valence-corrected chi connectivity index (χ1v) is 7.24. The lowest BCUT2D eigenvalue weighted by molar-refractivity contribution is -0.132. The topological polar surface area (TPSA) is 88.3 Å². The average molecular weight is 327 g/mol. The molecule has 0 radical (unpaired) electrons. The molecule has 7 nitrogen and oxygen atoms in total. The summed E-state index contributed by atoms with van der Waals surface area (Å²) >= 11 is 6.92. The molecular formula is C12H11ClN4O3S. The van der Waals surface area contributed by atoms with E-state index in [0.29, 0.717) is 21.6 Å². The molecule has 1 fully saturated rings. The first-order chi connectivity index (χ1) is 9.91. The molecule has 0 bridgehead atoms. The second-order valence-corrected chi connectivity index (χ2v) is 6.21. The lowest BCUT2D eigenvalue weighted by Crippen LogP contribution is -2.40. The third-order valence-electron chi connectivity index (χ3n) is 3.33. The first-order valence-electron chi connectivity index (χ1n) is 6.09. The van der Waals surface area contributed by atoms with Crippen LogP contribution >= 0.6 is 23.1 Å². The number of carbonyl (C=O) groups is 2. The molecule has 3 heterocycles. The summed E-state index contributed by atoms with van der Waals surface area (Å²) in [5, 5.41) is 6.46. The molecule has 1 saturated heterocycles. The minimum absolute atomic E-state index is 0.0186. The highest BCUT2D eigenvalue weighted by atomic mass is 35.5. The van der Waals surface area contributed by atoms with Crippen molar-refractivity contribution in [2.24, 2.45) is 0 Å². The number of hydrogen-bond donors (Lipinski definition) is 1. The van der Waals surface area contributed by atoms with Crippen LogP contribution in [0.4, 0.5) is 4.79 Å². The number of amides is 3. The Labute approximate surface area is 129 Å². The van der Waals surface area contributed by atoms with E-state index in [2.05, 4.69) is 14.9 Å². The van der Waals surface area contributed by atoms with E-state index in [0.717, 1.165) is 16.4 Å². The van der Waals surface area contributed by atoms with Crippen molar-refractivity contribution in [2.45, 2.75) is 25.9 Å². The largest absolute Gasteiger partial charge is 0.463 e. The van der Waals surface area contributed by atoms with Crippen LogP contribution in [0.5, 0.6) is 0 Å². The van der Waals surface area contributed by atoms with Crippen LogP contribution in [0.3, 0.4) is 0 Å². The molecule has 21 heavy (non-hydrogen) atoms. The van der Waals surface area contributed by atoms with Gasteiger partial charge in [0.1, 0.15) is 21.6 Å². The van der Waals surface area contributed by atoms with Crippen molar-refractivity contribution >= 4 is 35.1 Å². The molecule has 3 rings (SSSR count). The van der Waals surface area contributed by atoms with Crippen molar-refractivity contribution in [3.8, 4) is 0 Å². The van der Waals surface area contributed by atoms with E-state index in [1.165, 1.54) is 0 Å². The number of nitrogens with one attached hydrogen (secondary N) is 1. The molecule has 1 aliphatic heterocycles. The molecule has 1 aliphatic rings. The molecule has 2 aromatic heterocycles. The fourth-order valence-corrected chi connectivity index (χ4v) is 2.76. The minimum atomic E-state index is -1.22. The third kappa shape index (κ3) is 2.20. The fourth-order valence-electron chi connectivity index (χ4n) is 2.15. The lowest BCUT2D eigenvalue weighted by atomic mass is 9.99. The molecule has 0 aromatic carbocycles. The van der Waals surface area contributed by atoms with Gasteiger partial charge in [-0.25, -0.2) is 4.79 Å². The second kappa shape index (κ2) is 4.81. The molecule has 3 amide bonds. The number of aryl methyl sites for hydroxylation is 1. The van der Waals surface area contributed by atoms with E-state index < -0.39 is 17.5 Å². The van der Waals surface area contributed by atoms with Crippen molar-refractivity contribution in [3.05, 3.63) is 33.7 Å². The van der Waals surface area contributed by atoms with Crippen LogP contribution in [0.2, 0.25) is 4.34 Å². The van der Waals surface area contributed by atoms with Gasteiger partial charge in [0.15, 0.2) is 5.54 Å².